The van der Waals surface area contributed by atoms with Gasteiger partial charge in [0.2, 0.25) is 10.0 Å². The van der Waals surface area contributed by atoms with E-state index in [0.29, 0.717) is 21.2 Å². The van der Waals surface area contributed by atoms with Gasteiger partial charge in [0, 0.05) is 52.8 Å². The van der Waals surface area contributed by atoms with Crippen molar-refractivity contribution in [1.29, 1.82) is 0 Å². The fraction of sp³-hybridized carbons (Fsp3) is 0.344. The molecule has 4 aromatic rings. The van der Waals surface area contributed by atoms with E-state index in [1.165, 1.54) is 16.1 Å². The first-order chi connectivity index (χ1) is 20.2. The molecule has 0 amide bonds. The SMILES string of the molecule is CN(C[C@@H](CCN1CCC2(CC1)CS(=O)c1ccccc12)c1ccc(Cl)c(Cl)c1)S(=O)(=O)c1cncc2ccccc12. The van der Waals surface area contributed by atoms with Gasteiger partial charge in [-0.15, -0.1) is 0 Å². The Morgan fingerprint density at radius 2 is 1.74 bits per heavy atom. The Hall–Kier alpha value is -2.33. The summed E-state index contributed by atoms with van der Waals surface area (Å²) >= 11 is 12.6. The third-order valence-electron chi connectivity index (χ3n) is 8.93. The number of nitrogens with zero attached hydrogens (tertiary/aromatic N) is 3. The molecule has 10 heteroatoms. The number of piperidine rings is 1. The zero-order valence-electron chi connectivity index (χ0n) is 23.4. The van der Waals surface area contributed by atoms with Crippen molar-refractivity contribution in [2.45, 2.75) is 40.4 Å². The maximum atomic E-state index is 13.8. The molecule has 6 rings (SSSR count). The normalized spacial score (nSPS) is 19.4. The fourth-order valence-electron chi connectivity index (χ4n) is 6.47. The number of likely N-dealkylation sites (N-methyl/N-ethyl adjacent to an activating group) is 1. The lowest BCUT2D eigenvalue weighted by molar-refractivity contribution is 0.165. The van der Waals surface area contributed by atoms with Gasteiger partial charge >= 0.3 is 0 Å². The highest BCUT2D eigenvalue weighted by molar-refractivity contribution is 7.89. The molecule has 0 radical (unpaired) electrons. The van der Waals surface area contributed by atoms with Gasteiger partial charge in [0.05, 0.1) is 20.8 Å². The van der Waals surface area contributed by atoms with E-state index in [2.05, 4.69) is 22.0 Å². The highest BCUT2D eigenvalue weighted by Gasteiger charge is 2.44. The highest BCUT2D eigenvalue weighted by Crippen LogP contribution is 2.45. The lowest BCUT2D eigenvalue weighted by Crippen LogP contribution is -2.44. The fourth-order valence-corrected chi connectivity index (χ4v) is 10.0. The van der Waals surface area contributed by atoms with Gasteiger partial charge in [0.15, 0.2) is 0 Å². The van der Waals surface area contributed by atoms with Crippen LogP contribution in [0.15, 0.2) is 88.9 Å². The number of rotatable bonds is 8. The monoisotopic (exact) mass is 641 g/mol. The molecule has 2 atom stereocenters. The van der Waals surface area contributed by atoms with Gasteiger partial charge in [-0.1, -0.05) is 71.7 Å². The molecule has 2 aliphatic rings. The number of fused-ring (bicyclic) bond motifs is 3. The summed E-state index contributed by atoms with van der Waals surface area (Å²) in [6.07, 6.45) is 5.80. The minimum Gasteiger partial charge on any atom is -0.303 e. The van der Waals surface area contributed by atoms with Gasteiger partial charge in [0.25, 0.3) is 0 Å². The molecule has 0 bridgehead atoms. The van der Waals surface area contributed by atoms with Gasteiger partial charge in [-0.2, -0.15) is 0 Å². The molecular formula is C32H33Cl2N3O3S2. The summed E-state index contributed by atoms with van der Waals surface area (Å²) in [5.41, 5.74) is 2.20. The molecule has 0 aliphatic carbocycles. The molecule has 0 saturated carbocycles. The van der Waals surface area contributed by atoms with Crippen LogP contribution >= 0.6 is 23.2 Å². The van der Waals surface area contributed by atoms with Crippen LogP contribution in [0.4, 0.5) is 0 Å². The van der Waals surface area contributed by atoms with Crippen molar-refractivity contribution in [2.75, 3.05) is 39.0 Å². The second-order valence-electron chi connectivity index (χ2n) is 11.4. The van der Waals surface area contributed by atoms with Crippen molar-refractivity contribution < 1.29 is 12.6 Å². The van der Waals surface area contributed by atoms with Gasteiger partial charge in [0.1, 0.15) is 4.90 Å². The van der Waals surface area contributed by atoms with E-state index in [-0.39, 0.29) is 22.8 Å². The third kappa shape index (κ3) is 5.65. The van der Waals surface area contributed by atoms with Crippen LogP contribution in [0.25, 0.3) is 10.8 Å². The first kappa shape index (κ1) is 29.7. The van der Waals surface area contributed by atoms with Crippen molar-refractivity contribution >= 4 is 54.8 Å². The van der Waals surface area contributed by atoms with Gasteiger partial charge in [-0.3, -0.25) is 9.19 Å². The van der Waals surface area contributed by atoms with Crippen LogP contribution in [0, 0.1) is 0 Å². The standard InChI is InChI=1S/C32H33Cl2N3O3S2/c1-36(42(39,40)31-20-35-19-24-6-2-3-7-26(24)31)21-25(23-10-11-28(33)29(34)18-23)12-15-37-16-13-32(14-17-37)22-41(38)30-9-5-4-8-27(30)32/h2-11,18-20,25H,12-17,21-22H2,1H3/t25-,41?/m1/s1. The molecular weight excluding hydrogens is 609 g/mol. The number of benzene rings is 3. The highest BCUT2D eigenvalue weighted by atomic mass is 35.5. The maximum Gasteiger partial charge on any atom is 0.244 e. The van der Waals surface area contributed by atoms with Crippen LogP contribution < -0.4 is 0 Å². The van der Waals surface area contributed by atoms with Crippen LogP contribution in [0.1, 0.15) is 36.3 Å². The minimum atomic E-state index is -3.81. The Bertz CT molecular complexity index is 1750. The van der Waals surface area contributed by atoms with Crippen molar-refractivity contribution in [3.63, 3.8) is 0 Å². The minimum absolute atomic E-state index is 0.0121. The molecule has 220 valence electrons. The first-order valence-corrected chi connectivity index (χ1v) is 17.6. The molecule has 1 saturated heterocycles. The molecule has 0 N–H and O–H groups in total. The molecule has 6 nitrogen and oxygen atoms in total. The largest absolute Gasteiger partial charge is 0.303 e. The van der Waals surface area contributed by atoms with Crippen LogP contribution in [-0.2, 0) is 26.2 Å². The van der Waals surface area contributed by atoms with Crippen molar-refractivity contribution in [3.8, 4) is 0 Å². The second kappa shape index (κ2) is 12.0. The van der Waals surface area contributed by atoms with Gasteiger partial charge < -0.3 is 4.90 Å². The zero-order valence-corrected chi connectivity index (χ0v) is 26.5. The molecule has 1 unspecified atom stereocenters. The number of sulfonamides is 1. The van der Waals surface area contributed by atoms with Crippen LogP contribution in [0.3, 0.4) is 0 Å². The number of hydrogen-bond acceptors (Lipinski definition) is 5. The molecule has 1 spiro atoms. The van der Waals surface area contributed by atoms with Gasteiger partial charge in [-0.25, -0.2) is 12.7 Å². The lowest BCUT2D eigenvalue weighted by atomic mass is 9.74. The van der Waals surface area contributed by atoms with Crippen molar-refractivity contribution in [2.24, 2.45) is 0 Å². The van der Waals surface area contributed by atoms with Crippen LogP contribution in [-0.4, -0.2) is 65.8 Å². The van der Waals surface area contributed by atoms with E-state index in [9.17, 15) is 12.6 Å². The molecule has 1 aromatic heterocycles. The quantitative estimate of drug-likeness (QED) is 0.220. The van der Waals surface area contributed by atoms with E-state index in [4.69, 9.17) is 23.2 Å². The summed E-state index contributed by atoms with van der Waals surface area (Å²) in [7, 11) is -3.12. The molecule has 1 fully saturated rings. The molecule has 3 heterocycles. The predicted molar refractivity (Wildman–Crippen MR) is 170 cm³/mol. The van der Waals surface area contributed by atoms with Crippen LogP contribution in [0.2, 0.25) is 10.0 Å². The maximum absolute atomic E-state index is 13.8. The smallest absolute Gasteiger partial charge is 0.244 e. The lowest BCUT2D eigenvalue weighted by Gasteiger charge is -2.40. The summed E-state index contributed by atoms with van der Waals surface area (Å²) in [4.78, 5) is 7.85. The second-order valence-corrected chi connectivity index (χ2v) is 15.7. The Labute approximate surface area is 260 Å². The van der Waals surface area contributed by atoms with Crippen molar-refractivity contribution in [3.05, 3.63) is 100 Å². The molecule has 3 aromatic carbocycles. The van der Waals surface area contributed by atoms with E-state index in [1.807, 2.05) is 48.5 Å². The van der Waals surface area contributed by atoms with Gasteiger partial charge in [-0.05, 0) is 74.1 Å². The Balaban J connectivity index is 1.19. The molecule has 2 aliphatic heterocycles. The summed E-state index contributed by atoms with van der Waals surface area (Å²) in [5, 5.41) is 2.36. The van der Waals surface area contributed by atoms with E-state index >= 15 is 0 Å². The average Bonchev–Trinajstić information content (AvgIpc) is 3.27. The Morgan fingerprint density at radius 1 is 1.00 bits per heavy atom. The van der Waals surface area contributed by atoms with Crippen LogP contribution in [0.5, 0.6) is 0 Å². The number of hydrogen-bond donors (Lipinski definition) is 0. The average molecular weight is 643 g/mol. The number of halogens is 2. The Morgan fingerprint density at radius 3 is 2.52 bits per heavy atom. The topological polar surface area (TPSA) is 70.6 Å². The summed E-state index contributed by atoms with van der Waals surface area (Å²) in [6, 6.07) is 21.1. The van der Waals surface area contributed by atoms with Crippen molar-refractivity contribution in [1.82, 2.24) is 14.2 Å². The summed E-state index contributed by atoms with van der Waals surface area (Å²) in [6.45, 7) is 2.92. The molecule has 42 heavy (non-hydrogen) atoms. The number of aromatic nitrogens is 1. The zero-order chi connectivity index (χ0) is 29.5. The summed E-state index contributed by atoms with van der Waals surface area (Å²) in [5.74, 6) is 0.607. The number of likely N-dealkylation sites (tertiary alicyclic amines) is 1. The Kier molecular flexibility index (Phi) is 8.48. The first-order valence-electron chi connectivity index (χ1n) is 14.1. The predicted octanol–water partition coefficient (Wildman–Crippen LogP) is 6.49. The van der Waals surface area contributed by atoms with E-state index < -0.39 is 20.8 Å². The summed E-state index contributed by atoms with van der Waals surface area (Å²) < 4.78 is 41.9. The van der Waals surface area contributed by atoms with E-state index in [1.54, 1.807) is 19.3 Å². The number of pyridine rings is 1. The third-order valence-corrected chi connectivity index (χ3v) is 13.2. The van der Waals surface area contributed by atoms with E-state index in [0.717, 1.165) is 54.7 Å².